The van der Waals surface area contributed by atoms with E-state index in [0.717, 1.165) is 5.75 Å². The molecule has 0 saturated carbocycles. The average molecular weight is 488 g/mol. The highest BCUT2D eigenvalue weighted by atomic mass is 16.5. The van der Waals surface area contributed by atoms with E-state index >= 15 is 0 Å². The smallest absolute Gasteiger partial charge is 0.264 e. The number of nitrogens with zero attached hydrogens (tertiary/aromatic N) is 5. The van der Waals surface area contributed by atoms with Gasteiger partial charge in [0.2, 0.25) is 0 Å². The zero-order valence-corrected chi connectivity index (χ0v) is 20.4. The van der Waals surface area contributed by atoms with Gasteiger partial charge in [-0.1, -0.05) is 18.2 Å². The van der Waals surface area contributed by atoms with Crippen LogP contribution < -0.4 is 10.3 Å². The Morgan fingerprint density at radius 2 is 1.72 bits per heavy atom. The summed E-state index contributed by atoms with van der Waals surface area (Å²) in [5.74, 6) is 1.29. The molecule has 0 atom stereocenters. The third kappa shape index (κ3) is 4.74. The number of hydrogen-bond acceptors (Lipinski definition) is 6. The number of hydrogen-bond donors (Lipinski definition) is 1. The molecule has 1 fully saturated rings. The summed E-state index contributed by atoms with van der Waals surface area (Å²) in [5.41, 5.74) is -0.221. The van der Waals surface area contributed by atoms with E-state index in [-0.39, 0.29) is 24.1 Å². The van der Waals surface area contributed by atoms with Gasteiger partial charge >= 0.3 is 0 Å². The Labute approximate surface area is 208 Å². The number of carbonyl (C=O) groups excluding carboxylic acids is 1. The molecule has 4 aromatic rings. The van der Waals surface area contributed by atoms with E-state index in [1.54, 1.807) is 33.8 Å². The van der Waals surface area contributed by atoms with Crippen LogP contribution in [-0.4, -0.2) is 53.9 Å². The second-order valence-electron chi connectivity index (χ2n) is 9.55. The number of piperidine rings is 1. The quantitative estimate of drug-likeness (QED) is 0.446. The topological polar surface area (TPSA) is 102 Å². The minimum Gasteiger partial charge on any atom is -0.457 e. The standard InChI is InChI=1S/C27H29N5O4/c1-19(2)32-24-23(16-29-32)26(34)31(18-28-24)17-27(35)12-14-30(15-13-27)25(33)20-8-10-22(11-9-20)36-21-6-4-3-5-7-21/h3-11,16,18-19,35H,12-15,17H2,1-2H3. The van der Waals surface area contributed by atoms with Gasteiger partial charge in [-0.05, 0) is 63.1 Å². The van der Waals surface area contributed by atoms with Crippen LogP contribution in [0.2, 0.25) is 0 Å². The minimum absolute atomic E-state index is 0.0869. The predicted octanol–water partition coefficient (Wildman–Crippen LogP) is 3.63. The lowest BCUT2D eigenvalue weighted by Gasteiger charge is -2.38. The first-order valence-electron chi connectivity index (χ1n) is 12.1. The Morgan fingerprint density at radius 1 is 1.06 bits per heavy atom. The molecule has 0 aliphatic carbocycles. The Balaban J connectivity index is 1.22. The van der Waals surface area contributed by atoms with E-state index in [1.165, 1.54) is 17.1 Å². The molecule has 2 aromatic heterocycles. The van der Waals surface area contributed by atoms with Crippen molar-refractivity contribution >= 4 is 16.9 Å². The van der Waals surface area contributed by atoms with Crippen LogP contribution in [-0.2, 0) is 6.54 Å². The molecule has 1 aliphatic rings. The number of para-hydroxylation sites is 1. The lowest BCUT2D eigenvalue weighted by molar-refractivity contribution is -0.0299. The van der Waals surface area contributed by atoms with Gasteiger partial charge < -0.3 is 14.7 Å². The van der Waals surface area contributed by atoms with Crippen LogP contribution in [0.1, 0.15) is 43.1 Å². The molecular weight excluding hydrogens is 458 g/mol. The van der Waals surface area contributed by atoms with E-state index in [4.69, 9.17) is 4.74 Å². The maximum Gasteiger partial charge on any atom is 0.264 e. The summed E-state index contributed by atoms with van der Waals surface area (Å²) in [4.78, 5) is 32.1. The molecule has 1 N–H and O–H groups in total. The summed E-state index contributed by atoms with van der Waals surface area (Å²) in [6.07, 6.45) is 3.73. The van der Waals surface area contributed by atoms with Gasteiger partial charge in [0, 0.05) is 24.7 Å². The van der Waals surface area contributed by atoms with Gasteiger partial charge in [0.1, 0.15) is 23.2 Å². The number of fused-ring (bicyclic) bond motifs is 1. The zero-order chi connectivity index (χ0) is 25.3. The third-order valence-electron chi connectivity index (χ3n) is 6.60. The Bertz CT molecular complexity index is 1420. The summed E-state index contributed by atoms with van der Waals surface area (Å²) >= 11 is 0. The van der Waals surface area contributed by atoms with Crippen LogP contribution in [0.25, 0.3) is 11.0 Å². The molecule has 2 aromatic carbocycles. The third-order valence-corrected chi connectivity index (χ3v) is 6.60. The molecule has 0 spiro atoms. The van der Waals surface area contributed by atoms with Crippen LogP contribution in [0.5, 0.6) is 11.5 Å². The lowest BCUT2D eigenvalue weighted by Crippen LogP contribution is -2.49. The number of amides is 1. The fraction of sp³-hybridized carbons (Fsp3) is 0.333. The van der Waals surface area contributed by atoms with Gasteiger partial charge in [-0.3, -0.25) is 14.2 Å². The number of ether oxygens (including phenoxy) is 1. The largest absolute Gasteiger partial charge is 0.457 e. The van der Waals surface area contributed by atoms with Crippen molar-refractivity contribution in [2.75, 3.05) is 13.1 Å². The molecule has 0 bridgehead atoms. The van der Waals surface area contributed by atoms with Crippen molar-refractivity contribution < 1.29 is 14.6 Å². The molecule has 9 nitrogen and oxygen atoms in total. The number of carbonyl (C=O) groups is 1. The van der Waals surface area contributed by atoms with E-state index in [9.17, 15) is 14.7 Å². The number of rotatable bonds is 6. The van der Waals surface area contributed by atoms with E-state index in [0.29, 0.717) is 48.3 Å². The van der Waals surface area contributed by atoms with E-state index < -0.39 is 5.60 Å². The monoisotopic (exact) mass is 487 g/mol. The van der Waals surface area contributed by atoms with Crippen LogP contribution in [0.15, 0.2) is 71.9 Å². The van der Waals surface area contributed by atoms with Crippen molar-refractivity contribution in [3.63, 3.8) is 0 Å². The molecule has 0 unspecified atom stereocenters. The first kappa shape index (κ1) is 23.7. The maximum atomic E-state index is 13.0. The summed E-state index contributed by atoms with van der Waals surface area (Å²) in [7, 11) is 0. The molecule has 186 valence electrons. The second kappa shape index (κ2) is 9.58. The Kier molecular flexibility index (Phi) is 6.32. The molecule has 3 heterocycles. The lowest BCUT2D eigenvalue weighted by atomic mass is 9.91. The van der Waals surface area contributed by atoms with Gasteiger partial charge in [-0.25, -0.2) is 9.67 Å². The van der Waals surface area contributed by atoms with Gasteiger partial charge in [0.25, 0.3) is 11.5 Å². The summed E-state index contributed by atoms with van der Waals surface area (Å²) in [6, 6.07) is 16.6. The highest BCUT2D eigenvalue weighted by molar-refractivity contribution is 5.94. The molecule has 0 radical (unpaired) electrons. The molecule has 36 heavy (non-hydrogen) atoms. The number of aliphatic hydroxyl groups is 1. The highest BCUT2D eigenvalue weighted by Crippen LogP contribution is 2.26. The number of benzene rings is 2. The molecule has 1 amide bonds. The average Bonchev–Trinajstić information content (AvgIpc) is 3.32. The Morgan fingerprint density at radius 3 is 2.39 bits per heavy atom. The van der Waals surface area contributed by atoms with Crippen LogP contribution in [0.4, 0.5) is 0 Å². The van der Waals surface area contributed by atoms with Crippen LogP contribution in [0.3, 0.4) is 0 Å². The van der Waals surface area contributed by atoms with Gasteiger partial charge in [0.15, 0.2) is 5.65 Å². The maximum absolute atomic E-state index is 13.0. The van der Waals surface area contributed by atoms with Gasteiger partial charge in [0.05, 0.1) is 18.3 Å². The molecular formula is C27H29N5O4. The fourth-order valence-corrected chi connectivity index (χ4v) is 4.53. The normalized spacial score (nSPS) is 15.4. The van der Waals surface area contributed by atoms with Crippen molar-refractivity contribution in [2.24, 2.45) is 0 Å². The predicted molar refractivity (Wildman–Crippen MR) is 135 cm³/mol. The molecule has 9 heteroatoms. The van der Waals surface area contributed by atoms with Gasteiger partial charge in [-0.15, -0.1) is 0 Å². The van der Waals surface area contributed by atoms with Crippen molar-refractivity contribution in [3.05, 3.63) is 83.0 Å². The molecule has 1 aliphatic heterocycles. The first-order valence-corrected chi connectivity index (χ1v) is 12.1. The summed E-state index contributed by atoms with van der Waals surface area (Å²) in [6.45, 7) is 4.87. The van der Waals surface area contributed by atoms with E-state index in [2.05, 4.69) is 10.1 Å². The van der Waals surface area contributed by atoms with E-state index in [1.807, 2.05) is 44.2 Å². The highest BCUT2D eigenvalue weighted by Gasteiger charge is 2.35. The number of aromatic nitrogens is 4. The fourth-order valence-electron chi connectivity index (χ4n) is 4.53. The molecule has 5 rings (SSSR count). The van der Waals surface area contributed by atoms with Crippen molar-refractivity contribution in [1.82, 2.24) is 24.2 Å². The second-order valence-corrected chi connectivity index (χ2v) is 9.55. The zero-order valence-electron chi connectivity index (χ0n) is 20.4. The Hall–Kier alpha value is -3.98. The summed E-state index contributed by atoms with van der Waals surface area (Å²) in [5, 5.41) is 15.9. The molecule has 1 saturated heterocycles. The minimum atomic E-state index is -1.10. The van der Waals surface area contributed by atoms with Crippen molar-refractivity contribution in [3.8, 4) is 11.5 Å². The van der Waals surface area contributed by atoms with Crippen LogP contribution in [0, 0.1) is 0 Å². The van der Waals surface area contributed by atoms with Crippen molar-refractivity contribution in [1.29, 1.82) is 0 Å². The number of likely N-dealkylation sites (tertiary alicyclic amines) is 1. The van der Waals surface area contributed by atoms with Crippen LogP contribution >= 0.6 is 0 Å². The van der Waals surface area contributed by atoms with Crippen molar-refractivity contribution in [2.45, 2.75) is 44.9 Å². The van der Waals surface area contributed by atoms with Gasteiger partial charge in [-0.2, -0.15) is 5.10 Å². The SMILES string of the molecule is CC(C)n1ncc2c(=O)n(CC3(O)CCN(C(=O)c4ccc(Oc5ccccc5)cc4)CC3)cnc21. The summed E-state index contributed by atoms with van der Waals surface area (Å²) < 4.78 is 8.95. The first-order chi connectivity index (χ1) is 17.3.